The molecule has 4 saturated carbocycles. The molecule has 6 nitrogen and oxygen atoms in total. The lowest BCUT2D eigenvalue weighted by Gasteiger charge is -2.60. The molecule has 31 heavy (non-hydrogen) atoms. The Morgan fingerprint density at radius 3 is 2.29 bits per heavy atom. The molecule has 4 aliphatic carbocycles. The van der Waals surface area contributed by atoms with Crippen LogP contribution in [-0.4, -0.2) is 65.0 Å². The highest BCUT2D eigenvalue weighted by Gasteiger charge is 2.57. The van der Waals surface area contributed by atoms with Crippen LogP contribution < -0.4 is 5.32 Å². The van der Waals surface area contributed by atoms with Crippen LogP contribution in [0.5, 0.6) is 0 Å². The third-order valence-electron chi connectivity index (χ3n) is 8.11. The van der Waals surface area contributed by atoms with Gasteiger partial charge in [-0.25, -0.2) is 0 Å². The molecular weight excluding hydrogens is 390 g/mol. The summed E-state index contributed by atoms with van der Waals surface area (Å²) in [4.78, 5) is 29.6. The van der Waals surface area contributed by atoms with Crippen molar-refractivity contribution in [3.8, 4) is 0 Å². The van der Waals surface area contributed by atoms with E-state index in [9.17, 15) is 14.7 Å². The Balaban J connectivity index is 1.10. The van der Waals surface area contributed by atoms with Crippen LogP contribution in [0.3, 0.4) is 0 Å². The van der Waals surface area contributed by atoms with Crippen LogP contribution in [0.1, 0.15) is 50.5 Å². The third kappa shape index (κ3) is 4.51. The summed E-state index contributed by atoms with van der Waals surface area (Å²) in [5.74, 6) is 1.46. The van der Waals surface area contributed by atoms with E-state index >= 15 is 0 Å². The SMILES string of the molecule is Cc1ccc(NC(=O)CN2CCN(C(=O)CC34CC5CC(CC(O)(C5)C3)C4)CC2)cc1. The van der Waals surface area contributed by atoms with Gasteiger partial charge in [0.2, 0.25) is 11.8 Å². The van der Waals surface area contributed by atoms with Crippen LogP contribution in [0, 0.1) is 24.2 Å². The molecule has 1 aromatic rings. The monoisotopic (exact) mass is 425 g/mol. The fourth-order valence-electron chi connectivity index (χ4n) is 7.24. The van der Waals surface area contributed by atoms with Gasteiger partial charge in [0.1, 0.15) is 0 Å². The minimum Gasteiger partial charge on any atom is -0.390 e. The smallest absolute Gasteiger partial charge is 0.238 e. The van der Waals surface area contributed by atoms with Crippen LogP contribution in [-0.2, 0) is 9.59 Å². The zero-order chi connectivity index (χ0) is 21.6. The number of hydrogen-bond donors (Lipinski definition) is 2. The number of aryl methyl sites for hydroxylation is 1. The molecular formula is C25H35N3O3. The molecule has 2 N–H and O–H groups in total. The van der Waals surface area contributed by atoms with Crippen molar-refractivity contribution >= 4 is 17.5 Å². The Morgan fingerprint density at radius 1 is 1.03 bits per heavy atom. The average Bonchev–Trinajstić information content (AvgIpc) is 2.68. The van der Waals surface area contributed by atoms with Crippen LogP contribution in [0.25, 0.3) is 0 Å². The molecule has 4 bridgehead atoms. The second kappa shape index (κ2) is 7.89. The molecule has 6 rings (SSSR count). The number of carbonyl (C=O) groups is 2. The summed E-state index contributed by atoms with van der Waals surface area (Å²) in [7, 11) is 0. The Morgan fingerprint density at radius 2 is 1.68 bits per heavy atom. The van der Waals surface area contributed by atoms with Gasteiger partial charge in [0.05, 0.1) is 12.1 Å². The Bertz CT molecular complexity index is 830. The predicted octanol–water partition coefficient (Wildman–Crippen LogP) is 2.80. The first-order valence-electron chi connectivity index (χ1n) is 11.9. The number of anilines is 1. The van der Waals surface area contributed by atoms with Crippen molar-refractivity contribution in [3.05, 3.63) is 29.8 Å². The highest BCUT2D eigenvalue weighted by molar-refractivity contribution is 5.92. The molecule has 1 aromatic carbocycles. The zero-order valence-electron chi connectivity index (χ0n) is 18.6. The number of benzene rings is 1. The molecule has 0 spiro atoms. The summed E-state index contributed by atoms with van der Waals surface area (Å²) in [6, 6.07) is 7.82. The molecule has 5 aliphatic rings. The molecule has 5 fully saturated rings. The molecule has 1 aliphatic heterocycles. The van der Waals surface area contributed by atoms with Gasteiger partial charge in [-0.15, -0.1) is 0 Å². The summed E-state index contributed by atoms with van der Waals surface area (Å²) in [5.41, 5.74) is 1.51. The molecule has 0 radical (unpaired) electrons. The van der Waals surface area contributed by atoms with Crippen LogP contribution in [0.2, 0.25) is 0 Å². The van der Waals surface area contributed by atoms with Crippen LogP contribution in [0.15, 0.2) is 24.3 Å². The van der Waals surface area contributed by atoms with Crippen molar-refractivity contribution in [3.63, 3.8) is 0 Å². The van der Waals surface area contributed by atoms with E-state index < -0.39 is 5.60 Å². The Hall–Kier alpha value is -1.92. The van der Waals surface area contributed by atoms with E-state index in [0.29, 0.717) is 37.9 Å². The maximum atomic E-state index is 13.1. The van der Waals surface area contributed by atoms with Crippen molar-refractivity contribution in [2.45, 2.75) is 57.5 Å². The number of hydrogen-bond acceptors (Lipinski definition) is 4. The number of rotatable bonds is 5. The van der Waals surface area contributed by atoms with Crippen molar-refractivity contribution in [2.75, 3.05) is 38.0 Å². The molecule has 1 heterocycles. The third-order valence-corrected chi connectivity index (χ3v) is 8.11. The predicted molar refractivity (Wildman–Crippen MR) is 120 cm³/mol. The average molecular weight is 426 g/mol. The van der Waals surface area contributed by atoms with E-state index in [1.54, 1.807) is 0 Å². The molecule has 2 atom stereocenters. The van der Waals surface area contributed by atoms with Crippen LogP contribution >= 0.6 is 0 Å². The van der Waals surface area contributed by atoms with Crippen molar-refractivity contribution < 1.29 is 14.7 Å². The topological polar surface area (TPSA) is 72.9 Å². The number of amides is 2. The summed E-state index contributed by atoms with van der Waals surface area (Å²) in [6.45, 7) is 5.21. The normalized spacial score (nSPS) is 34.7. The fraction of sp³-hybridized carbons (Fsp3) is 0.680. The van der Waals surface area contributed by atoms with E-state index in [1.165, 1.54) is 12.0 Å². The maximum absolute atomic E-state index is 13.1. The van der Waals surface area contributed by atoms with E-state index in [0.717, 1.165) is 50.9 Å². The van der Waals surface area contributed by atoms with Crippen molar-refractivity contribution in [1.29, 1.82) is 0 Å². The highest BCUT2D eigenvalue weighted by Crippen LogP contribution is 2.62. The largest absolute Gasteiger partial charge is 0.390 e. The quantitative estimate of drug-likeness (QED) is 0.761. The van der Waals surface area contributed by atoms with Gasteiger partial charge < -0.3 is 15.3 Å². The molecule has 2 unspecified atom stereocenters. The van der Waals surface area contributed by atoms with E-state index in [-0.39, 0.29) is 17.2 Å². The minimum absolute atomic E-state index is 0.00885. The first-order valence-corrected chi connectivity index (χ1v) is 11.9. The first kappa shape index (κ1) is 21.0. The number of nitrogens with zero attached hydrogens (tertiary/aromatic N) is 2. The van der Waals surface area contributed by atoms with E-state index in [1.807, 2.05) is 36.1 Å². The Kier molecular flexibility index (Phi) is 5.33. The van der Waals surface area contributed by atoms with Gasteiger partial charge in [-0.05, 0) is 74.8 Å². The number of carbonyl (C=O) groups excluding carboxylic acids is 2. The molecule has 168 valence electrons. The maximum Gasteiger partial charge on any atom is 0.238 e. The lowest BCUT2D eigenvalue weighted by atomic mass is 9.47. The second-order valence-corrected chi connectivity index (χ2v) is 10.9. The van der Waals surface area contributed by atoms with Gasteiger partial charge in [0.15, 0.2) is 0 Å². The van der Waals surface area contributed by atoms with Gasteiger partial charge in [-0.3, -0.25) is 14.5 Å². The van der Waals surface area contributed by atoms with Crippen LogP contribution in [0.4, 0.5) is 5.69 Å². The minimum atomic E-state index is -0.506. The fourth-order valence-corrected chi connectivity index (χ4v) is 7.24. The van der Waals surface area contributed by atoms with E-state index in [2.05, 4.69) is 10.2 Å². The molecule has 1 saturated heterocycles. The van der Waals surface area contributed by atoms with Gasteiger partial charge in [-0.1, -0.05) is 17.7 Å². The van der Waals surface area contributed by atoms with E-state index in [4.69, 9.17) is 0 Å². The summed E-state index contributed by atoms with van der Waals surface area (Å²) < 4.78 is 0. The van der Waals surface area contributed by atoms with Gasteiger partial charge in [0, 0.05) is 38.3 Å². The van der Waals surface area contributed by atoms with Crippen molar-refractivity contribution in [2.24, 2.45) is 17.3 Å². The molecule has 6 heteroatoms. The van der Waals surface area contributed by atoms with Gasteiger partial charge >= 0.3 is 0 Å². The molecule has 0 aromatic heterocycles. The second-order valence-electron chi connectivity index (χ2n) is 10.9. The van der Waals surface area contributed by atoms with Gasteiger partial charge in [0.25, 0.3) is 0 Å². The molecule has 2 amide bonds. The first-order chi connectivity index (χ1) is 14.8. The zero-order valence-corrected chi connectivity index (χ0v) is 18.6. The lowest BCUT2D eigenvalue weighted by Crippen LogP contribution is -2.57. The highest BCUT2D eigenvalue weighted by atomic mass is 16.3. The number of nitrogens with one attached hydrogen (secondary N) is 1. The summed E-state index contributed by atoms with van der Waals surface area (Å²) >= 11 is 0. The summed E-state index contributed by atoms with van der Waals surface area (Å²) in [6.07, 6.45) is 6.80. The lowest BCUT2D eigenvalue weighted by molar-refractivity contribution is -0.172. The Labute approximate surface area is 185 Å². The summed E-state index contributed by atoms with van der Waals surface area (Å²) in [5, 5.41) is 13.9. The number of aliphatic hydroxyl groups is 1. The van der Waals surface area contributed by atoms with Crippen molar-refractivity contribution in [1.82, 2.24) is 9.80 Å². The van der Waals surface area contributed by atoms with Gasteiger partial charge in [-0.2, -0.15) is 0 Å². The number of piperazine rings is 1. The standard InChI is InChI=1S/C25H35N3O3/c1-18-2-4-21(5-3-18)26-22(29)16-27-6-8-28(9-7-27)23(30)15-24-11-19-10-20(12-24)14-25(31,13-19)17-24/h2-5,19-20,31H,6-17H2,1H3,(H,26,29).